The van der Waals surface area contributed by atoms with Crippen LogP contribution < -0.4 is 20.5 Å². The Bertz CT molecular complexity index is 830. The maximum atomic E-state index is 12.2. The molecule has 1 amide bonds. The third-order valence-corrected chi connectivity index (χ3v) is 3.95. The van der Waals surface area contributed by atoms with Crippen molar-refractivity contribution in [2.24, 2.45) is 0 Å². The second-order valence-electron chi connectivity index (χ2n) is 5.88. The highest BCUT2D eigenvalue weighted by molar-refractivity contribution is 5.76. The number of hydrogen-bond acceptors (Lipinski definition) is 5. The summed E-state index contributed by atoms with van der Waals surface area (Å²) in [5, 5.41) is 2.86. The Hall–Kier alpha value is -2.83. The minimum atomic E-state index is -0.332. The number of aromatic nitrogens is 2. The molecule has 0 saturated carbocycles. The molecule has 7 nitrogen and oxygen atoms in total. The van der Waals surface area contributed by atoms with Crippen LogP contribution in [0.1, 0.15) is 30.3 Å². The molecule has 2 aromatic rings. The fraction of sp³-hybridized carbons (Fsp3) is 0.421. The number of aryl methyl sites for hydroxylation is 2. The van der Waals surface area contributed by atoms with Crippen LogP contribution in [-0.4, -0.2) is 29.2 Å². The van der Waals surface area contributed by atoms with Crippen LogP contribution in [0.5, 0.6) is 11.5 Å². The average molecular weight is 359 g/mol. The topological polar surface area (TPSA) is 82.5 Å². The molecule has 1 heterocycles. The maximum Gasteiger partial charge on any atom is 0.347 e. The first-order valence-corrected chi connectivity index (χ1v) is 8.56. The van der Waals surface area contributed by atoms with Crippen LogP contribution in [0.25, 0.3) is 0 Å². The van der Waals surface area contributed by atoms with Gasteiger partial charge in [-0.05, 0) is 32.9 Å². The van der Waals surface area contributed by atoms with Crippen LogP contribution >= 0.6 is 0 Å². The van der Waals surface area contributed by atoms with E-state index in [1.165, 1.54) is 4.57 Å². The lowest BCUT2D eigenvalue weighted by molar-refractivity contribution is -0.121. The number of nitrogens with one attached hydrogen (secondary N) is 1. The Morgan fingerprint density at radius 3 is 2.73 bits per heavy atom. The lowest BCUT2D eigenvalue weighted by atomic mass is 10.2. The molecular formula is C19H25N3O4. The van der Waals surface area contributed by atoms with Gasteiger partial charge in [0.25, 0.3) is 0 Å². The van der Waals surface area contributed by atoms with Crippen molar-refractivity contribution in [3.63, 3.8) is 0 Å². The lowest BCUT2D eigenvalue weighted by Crippen LogP contribution is -2.29. The van der Waals surface area contributed by atoms with E-state index in [0.29, 0.717) is 36.9 Å². The predicted molar refractivity (Wildman–Crippen MR) is 98.6 cm³/mol. The number of hydrogen-bond donors (Lipinski definition) is 1. The fourth-order valence-corrected chi connectivity index (χ4v) is 2.71. The Kier molecular flexibility index (Phi) is 6.77. The molecule has 7 heteroatoms. The number of methoxy groups -OCH3 is 1. The smallest absolute Gasteiger partial charge is 0.347 e. The van der Waals surface area contributed by atoms with Crippen molar-refractivity contribution in [2.75, 3.05) is 13.7 Å². The van der Waals surface area contributed by atoms with E-state index in [1.54, 1.807) is 14.0 Å². The minimum Gasteiger partial charge on any atom is -0.493 e. The highest BCUT2D eigenvalue weighted by Gasteiger charge is 2.12. The number of rotatable bonds is 8. The molecule has 1 aromatic heterocycles. The summed E-state index contributed by atoms with van der Waals surface area (Å²) in [6.07, 6.45) is 0.194. The van der Waals surface area contributed by atoms with E-state index in [9.17, 15) is 9.59 Å². The monoisotopic (exact) mass is 359 g/mol. The highest BCUT2D eigenvalue weighted by Crippen LogP contribution is 2.30. The van der Waals surface area contributed by atoms with Gasteiger partial charge in [0, 0.05) is 36.5 Å². The van der Waals surface area contributed by atoms with E-state index < -0.39 is 0 Å². The van der Waals surface area contributed by atoms with Gasteiger partial charge in [0.05, 0.1) is 13.7 Å². The number of carbonyl (C=O) groups is 1. The fourth-order valence-electron chi connectivity index (χ4n) is 2.71. The van der Waals surface area contributed by atoms with Crippen molar-refractivity contribution in [1.29, 1.82) is 0 Å². The molecule has 0 aliphatic carbocycles. The SMILES string of the molecule is CCOc1c(CNC(=O)CCn2c(C)cc(C)nc2=O)cccc1OC. The van der Waals surface area contributed by atoms with Crippen LogP contribution in [0.3, 0.4) is 0 Å². The quantitative estimate of drug-likeness (QED) is 0.779. The first kappa shape index (κ1) is 19.5. The molecule has 1 N–H and O–H groups in total. The molecule has 0 bridgehead atoms. The number of carbonyl (C=O) groups excluding carboxylic acids is 1. The Morgan fingerprint density at radius 1 is 1.31 bits per heavy atom. The van der Waals surface area contributed by atoms with Gasteiger partial charge in [-0.1, -0.05) is 12.1 Å². The van der Waals surface area contributed by atoms with Gasteiger partial charge in [0.15, 0.2) is 11.5 Å². The standard InChI is InChI=1S/C19H25N3O4/c1-5-26-18-15(7-6-8-16(18)25-4)12-20-17(23)9-10-22-14(3)11-13(2)21-19(22)24/h6-8,11H,5,9-10,12H2,1-4H3,(H,20,23). The van der Waals surface area contributed by atoms with Gasteiger partial charge in [-0.15, -0.1) is 0 Å². The van der Waals surface area contributed by atoms with Gasteiger partial charge in [0.1, 0.15) is 0 Å². The molecule has 0 unspecified atom stereocenters. The maximum absolute atomic E-state index is 12.2. The number of amides is 1. The summed E-state index contributed by atoms with van der Waals surface area (Å²) < 4.78 is 12.4. The van der Waals surface area contributed by atoms with Crippen LogP contribution in [0.15, 0.2) is 29.1 Å². The summed E-state index contributed by atoms with van der Waals surface area (Å²) in [5.41, 5.74) is 1.98. The zero-order valence-corrected chi connectivity index (χ0v) is 15.7. The third-order valence-electron chi connectivity index (χ3n) is 3.95. The molecular weight excluding hydrogens is 334 g/mol. The zero-order valence-electron chi connectivity index (χ0n) is 15.7. The summed E-state index contributed by atoms with van der Waals surface area (Å²) >= 11 is 0. The molecule has 0 aliphatic heterocycles. The molecule has 0 radical (unpaired) electrons. The van der Waals surface area contributed by atoms with Crippen molar-refractivity contribution in [2.45, 2.75) is 40.3 Å². The van der Waals surface area contributed by atoms with E-state index in [1.807, 2.05) is 38.1 Å². The average Bonchev–Trinajstić information content (AvgIpc) is 2.60. The largest absolute Gasteiger partial charge is 0.493 e. The predicted octanol–water partition coefficient (Wildman–Crippen LogP) is 1.97. The summed E-state index contributed by atoms with van der Waals surface area (Å²) in [5.74, 6) is 1.11. The molecule has 0 fully saturated rings. The van der Waals surface area contributed by atoms with Crippen LogP contribution in [0.4, 0.5) is 0 Å². The number of benzene rings is 1. The van der Waals surface area contributed by atoms with Crippen molar-refractivity contribution in [1.82, 2.24) is 14.9 Å². The van der Waals surface area contributed by atoms with Crippen LogP contribution in [-0.2, 0) is 17.9 Å². The molecule has 26 heavy (non-hydrogen) atoms. The first-order chi connectivity index (χ1) is 12.5. The lowest BCUT2D eigenvalue weighted by Gasteiger charge is -2.15. The van der Waals surface area contributed by atoms with Gasteiger partial charge >= 0.3 is 5.69 Å². The van der Waals surface area contributed by atoms with E-state index in [4.69, 9.17) is 9.47 Å². The first-order valence-electron chi connectivity index (χ1n) is 8.56. The van der Waals surface area contributed by atoms with Gasteiger partial charge in [0.2, 0.25) is 5.91 Å². The van der Waals surface area contributed by atoms with Gasteiger partial charge in [-0.3, -0.25) is 9.36 Å². The highest BCUT2D eigenvalue weighted by atomic mass is 16.5. The molecule has 0 aliphatic rings. The van der Waals surface area contributed by atoms with E-state index in [0.717, 1.165) is 11.3 Å². The summed E-state index contributed by atoms with van der Waals surface area (Å²) in [7, 11) is 1.58. The Balaban J connectivity index is 1.99. The van der Waals surface area contributed by atoms with Crippen molar-refractivity contribution < 1.29 is 14.3 Å². The molecule has 140 valence electrons. The molecule has 1 aromatic carbocycles. The van der Waals surface area contributed by atoms with Crippen LogP contribution in [0.2, 0.25) is 0 Å². The van der Waals surface area contributed by atoms with E-state index in [2.05, 4.69) is 10.3 Å². The third kappa shape index (κ3) is 4.84. The molecule has 0 saturated heterocycles. The van der Waals surface area contributed by atoms with Crippen molar-refractivity contribution in [3.8, 4) is 11.5 Å². The van der Waals surface area contributed by atoms with Gasteiger partial charge < -0.3 is 14.8 Å². The number of para-hydroxylation sites is 1. The minimum absolute atomic E-state index is 0.151. The summed E-state index contributed by atoms with van der Waals surface area (Å²) in [4.78, 5) is 28.0. The number of ether oxygens (including phenoxy) is 2. The Morgan fingerprint density at radius 2 is 2.08 bits per heavy atom. The van der Waals surface area contributed by atoms with E-state index in [-0.39, 0.29) is 18.0 Å². The second-order valence-corrected chi connectivity index (χ2v) is 5.88. The van der Waals surface area contributed by atoms with Gasteiger partial charge in [-0.2, -0.15) is 4.98 Å². The molecule has 2 rings (SSSR count). The normalized spacial score (nSPS) is 10.5. The van der Waals surface area contributed by atoms with Crippen LogP contribution in [0, 0.1) is 13.8 Å². The van der Waals surface area contributed by atoms with Crippen molar-refractivity contribution in [3.05, 3.63) is 51.7 Å². The summed E-state index contributed by atoms with van der Waals surface area (Å²) in [6.45, 7) is 6.62. The zero-order chi connectivity index (χ0) is 19.1. The second kappa shape index (κ2) is 9.03. The Labute approximate surface area is 153 Å². The molecule has 0 atom stereocenters. The number of nitrogens with zero attached hydrogens (tertiary/aromatic N) is 2. The van der Waals surface area contributed by atoms with Crippen molar-refractivity contribution >= 4 is 5.91 Å². The molecule has 0 spiro atoms. The summed E-state index contributed by atoms with van der Waals surface area (Å²) in [6, 6.07) is 7.37. The van der Waals surface area contributed by atoms with Gasteiger partial charge in [-0.25, -0.2) is 4.79 Å². The van der Waals surface area contributed by atoms with E-state index >= 15 is 0 Å².